The van der Waals surface area contributed by atoms with Crippen LogP contribution in [0.15, 0.2) is 30.3 Å². The summed E-state index contributed by atoms with van der Waals surface area (Å²) in [5.74, 6) is 0. The van der Waals surface area contributed by atoms with Gasteiger partial charge in [0.1, 0.15) is 0 Å². The molecule has 0 amide bonds. The Labute approximate surface area is 104 Å². The molecule has 1 aliphatic carbocycles. The molecule has 1 saturated carbocycles. The van der Waals surface area contributed by atoms with Gasteiger partial charge < -0.3 is 5.73 Å². The predicted molar refractivity (Wildman–Crippen MR) is 70.6 cm³/mol. The van der Waals surface area contributed by atoms with Gasteiger partial charge in [0.15, 0.2) is 0 Å². The third-order valence-electron chi connectivity index (χ3n) is 4.69. The molecule has 3 rings (SSSR count). The molecule has 17 heavy (non-hydrogen) atoms. The quantitative estimate of drug-likeness (QED) is 0.845. The largest absolute Gasteiger partial charge is 0.327 e. The molecule has 1 spiro atoms. The third-order valence-corrected chi connectivity index (χ3v) is 4.69. The van der Waals surface area contributed by atoms with Crippen molar-refractivity contribution in [1.82, 2.24) is 4.90 Å². The van der Waals surface area contributed by atoms with Crippen molar-refractivity contribution in [2.45, 2.75) is 38.3 Å². The summed E-state index contributed by atoms with van der Waals surface area (Å²) in [6.07, 6.45) is 5.22. The minimum absolute atomic E-state index is 0.447. The van der Waals surface area contributed by atoms with Crippen LogP contribution >= 0.6 is 0 Å². The molecule has 1 aliphatic heterocycles. The minimum atomic E-state index is 0.447. The van der Waals surface area contributed by atoms with Gasteiger partial charge in [-0.25, -0.2) is 0 Å². The summed E-state index contributed by atoms with van der Waals surface area (Å²) in [6, 6.07) is 11.2. The van der Waals surface area contributed by atoms with E-state index >= 15 is 0 Å². The van der Waals surface area contributed by atoms with Crippen molar-refractivity contribution in [3.8, 4) is 0 Å². The molecular weight excluding hydrogens is 208 g/mol. The van der Waals surface area contributed by atoms with Gasteiger partial charge in [0.2, 0.25) is 0 Å². The van der Waals surface area contributed by atoms with E-state index in [4.69, 9.17) is 5.73 Å². The van der Waals surface area contributed by atoms with Gasteiger partial charge in [0, 0.05) is 19.1 Å². The Bertz CT molecular complexity index is 376. The molecular formula is C15H22N2. The van der Waals surface area contributed by atoms with Crippen molar-refractivity contribution in [3.05, 3.63) is 35.9 Å². The first-order chi connectivity index (χ1) is 8.28. The Morgan fingerprint density at radius 2 is 2.06 bits per heavy atom. The molecule has 1 aromatic rings. The molecule has 0 bridgehead atoms. The molecule has 1 aromatic carbocycles. The minimum Gasteiger partial charge on any atom is -0.327 e. The van der Waals surface area contributed by atoms with E-state index in [2.05, 4.69) is 35.2 Å². The first-order valence-electron chi connectivity index (χ1n) is 6.80. The van der Waals surface area contributed by atoms with Gasteiger partial charge in [0.05, 0.1) is 0 Å². The number of hydrogen-bond acceptors (Lipinski definition) is 2. The topological polar surface area (TPSA) is 29.3 Å². The Morgan fingerprint density at radius 3 is 2.76 bits per heavy atom. The molecule has 2 atom stereocenters. The molecule has 1 heterocycles. The normalized spacial score (nSPS) is 33.6. The van der Waals surface area contributed by atoms with Crippen LogP contribution in [0.3, 0.4) is 0 Å². The summed E-state index contributed by atoms with van der Waals surface area (Å²) in [7, 11) is 0. The lowest BCUT2D eigenvalue weighted by Gasteiger charge is -2.28. The summed E-state index contributed by atoms with van der Waals surface area (Å²) in [6.45, 7) is 3.53. The van der Waals surface area contributed by atoms with Crippen molar-refractivity contribution in [1.29, 1.82) is 0 Å². The van der Waals surface area contributed by atoms with Crippen LogP contribution in [0.5, 0.6) is 0 Å². The van der Waals surface area contributed by atoms with E-state index in [1.165, 1.54) is 44.3 Å². The maximum absolute atomic E-state index is 6.30. The Kier molecular flexibility index (Phi) is 2.93. The zero-order valence-corrected chi connectivity index (χ0v) is 10.4. The first-order valence-corrected chi connectivity index (χ1v) is 6.80. The van der Waals surface area contributed by atoms with E-state index in [1.807, 2.05) is 0 Å². The van der Waals surface area contributed by atoms with Crippen molar-refractivity contribution >= 4 is 0 Å². The highest BCUT2D eigenvalue weighted by atomic mass is 15.2. The van der Waals surface area contributed by atoms with Gasteiger partial charge >= 0.3 is 0 Å². The molecule has 2 fully saturated rings. The number of likely N-dealkylation sites (tertiary alicyclic amines) is 1. The van der Waals surface area contributed by atoms with Crippen LogP contribution in [-0.4, -0.2) is 24.0 Å². The van der Waals surface area contributed by atoms with Crippen LogP contribution in [-0.2, 0) is 6.54 Å². The van der Waals surface area contributed by atoms with Crippen LogP contribution in [0, 0.1) is 5.41 Å². The molecule has 2 nitrogen and oxygen atoms in total. The standard InChI is InChI=1S/C15H22N2/c16-14-7-4-8-15(14)9-10-17(12-15)11-13-5-2-1-3-6-13/h1-3,5-6,14H,4,7-12,16H2/t14-,15+/m0/s1. The molecule has 0 radical (unpaired) electrons. The lowest BCUT2D eigenvalue weighted by atomic mass is 9.82. The molecule has 1 saturated heterocycles. The summed E-state index contributed by atoms with van der Waals surface area (Å²) >= 11 is 0. The van der Waals surface area contributed by atoms with E-state index in [0.717, 1.165) is 6.54 Å². The number of hydrogen-bond donors (Lipinski definition) is 1. The smallest absolute Gasteiger partial charge is 0.0233 e. The fourth-order valence-corrected chi connectivity index (χ4v) is 3.63. The van der Waals surface area contributed by atoms with Crippen molar-refractivity contribution in [3.63, 3.8) is 0 Å². The molecule has 2 heteroatoms. The van der Waals surface area contributed by atoms with E-state index in [-0.39, 0.29) is 0 Å². The van der Waals surface area contributed by atoms with Gasteiger partial charge in [0.25, 0.3) is 0 Å². The van der Waals surface area contributed by atoms with Crippen LogP contribution in [0.1, 0.15) is 31.2 Å². The van der Waals surface area contributed by atoms with Crippen LogP contribution in [0.4, 0.5) is 0 Å². The maximum atomic E-state index is 6.30. The monoisotopic (exact) mass is 230 g/mol. The Hall–Kier alpha value is -0.860. The number of benzene rings is 1. The second-order valence-electron chi connectivity index (χ2n) is 5.81. The van der Waals surface area contributed by atoms with Gasteiger partial charge in [-0.15, -0.1) is 0 Å². The zero-order chi connectivity index (χ0) is 11.7. The second-order valence-corrected chi connectivity index (χ2v) is 5.81. The summed E-state index contributed by atoms with van der Waals surface area (Å²) in [5, 5.41) is 0. The van der Waals surface area contributed by atoms with Crippen molar-refractivity contribution in [2.24, 2.45) is 11.1 Å². The van der Waals surface area contributed by atoms with Gasteiger partial charge in [-0.1, -0.05) is 36.8 Å². The van der Waals surface area contributed by atoms with Crippen LogP contribution in [0.2, 0.25) is 0 Å². The number of nitrogens with two attached hydrogens (primary N) is 1. The SMILES string of the molecule is N[C@H]1CCC[C@]12CCN(Cc1ccccc1)C2. The first kappa shape index (κ1) is 11.2. The second kappa shape index (κ2) is 4.43. The van der Waals surface area contributed by atoms with Gasteiger partial charge in [-0.3, -0.25) is 4.90 Å². The Balaban J connectivity index is 1.65. The molecule has 92 valence electrons. The number of nitrogens with zero attached hydrogens (tertiary/aromatic N) is 1. The average Bonchev–Trinajstić information content (AvgIpc) is 2.90. The molecule has 0 aromatic heterocycles. The van der Waals surface area contributed by atoms with Gasteiger partial charge in [-0.05, 0) is 36.8 Å². The number of rotatable bonds is 2. The Morgan fingerprint density at radius 1 is 1.24 bits per heavy atom. The van der Waals surface area contributed by atoms with Crippen molar-refractivity contribution in [2.75, 3.05) is 13.1 Å². The highest BCUT2D eigenvalue weighted by Crippen LogP contribution is 2.44. The molecule has 0 unspecified atom stereocenters. The lowest BCUT2D eigenvalue weighted by Crippen LogP contribution is -2.39. The van der Waals surface area contributed by atoms with Crippen molar-refractivity contribution < 1.29 is 0 Å². The summed E-state index contributed by atoms with van der Waals surface area (Å²) in [4.78, 5) is 2.58. The maximum Gasteiger partial charge on any atom is 0.0233 e. The molecule has 2 N–H and O–H groups in total. The fourth-order valence-electron chi connectivity index (χ4n) is 3.63. The van der Waals surface area contributed by atoms with E-state index < -0.39 is 0 Å². The fraction of sp³-hybridized carbons (Fsp3) is 0.600. The lowest BCUT2D eigenvalue weighted by molar-refractivity contribution is 0.234. The summed E-state index contributed by atoms with van der Waals surface area (Å²) in [5.41, 5.74) is 8.18. The van der Waals surface area contributed by atoms with Gasteiger partial charge in [-0.2, -0.15) is 0 Å². The summed E-state index contributed by atoms with van der Waals surface area (Å²) < 4.78 is 0. The van der Waals surface area contributed by atoms with Crippen LogP contribution < -0.4 is 5.73 Å². The highest BCUT2D eigenvalue weighted by molar-refractivity contribution is 5.15. The molecule has 2 aliphatic rings. The third kappa shape index (κ3) is 2.12. The van der Waals surface area contributed by atoms with E-state index in [0.29, 0.717) is 11.5 Å². The average molecular weight is 230 g/mol. The predicted octanol–water partition coefficient (Wildman–Crippen LogP) is 2.39. The zero-order valence-electron chi connectivity index (χ0n) is 10.4. The highest BCUT2D eigenvalue weighted by Gasteiger charge is 2.45. The van der Waals surface area contributed by atoms with E-state index in [1.54, 1.807) is 0 Å². The van der Waals surface area contributed by atoms with E-state index in [9.17, 15) is 0 Å². The van der Waals surface area contributed by atoms with Crippen LogP contribution in [0.25, 0.3) is 0 Å².